The van der Waals surface area contributed by atoms with Crippen LogP contribution in [0.4, 0.5) is 17.1 Å². The van der Waals surface area contributed by atoms with Crippen molar-refractivity contribution in [2.24, 2.45) is 4.99 Å². The van der Waals surface area contributed by atoms with E-state index in [9.17, 15) is 0 Å². The van der Waals surface area contributed by atoms with Gasteiger partial charge in [0.2, 0.25) is 0 Å². The van der Waals surface area contributed by atoms with Crippen LogP contribution in [-0.4, -0.2) is 5.71 Å². The Morgan fingerprint density at radius 3 is 1.81 bits per heavy atom. The first-order valence-electron chi connectivity index (χ1n) is 21.4. The predicted octanol–water partition coefficient (Wildman–Crippen LogP) is 14.7. The molecule has 3 heteroatoms. The second-order valence-electron chi connectivity index (χ2n) is 16.4. The normalized spacial score (nSPS) is 16.2. The number of hydrogen-bond acceptors (Lipinski definition) is 3. The number of benzene rings is 10. The van der Waals surface area contributed by atoms with E-state index < -0.39 is 5.41 Å². The van der Waals surface area contributed by atoms with Gasteiger partial charge in [0.15, 0.2) is 0 Å². The van der Waals surface area contributed by atoms with E-state index in [4.69, 9.17) is 4.99 Å². The molecule has 12 rings (SSSR count). The van der Waals surface area contributed by atoms with Crippen LogP contribution in [0.2, 0.25) is 0 Å². The van der Waals surface area contributed by atoms with Gasteiger partial charge in [-0.15, -0.1) is 0 Å². The number of hydrogen-bond donors (Lipinski definition) is 2. The summed E-state index contributed by atoms with van der Waals surface area (Å²) in [6.07, 6.45) is -0.204. The number of fused-ring (bicyclic) bond motifs is 6. The van der Waals surface area contributed by atoms with Crippen molar-refractivity contribution in [2.45, 2.75) is 11.6 Å². The first kappa shape index (κ1) is 35.9. The van der Waals surface area contributed by atoms with Gasteiger partial charge >= 0.3 is 0 Å². The zero-order valence-electron chi connectivity index (χ0n) is 34.0. The first-order chi connectivity index (χ1) is 30.7. The van der Waals surface area contributed by atoms with Crippen molar-refractivity contribution in [1.29, 1.82) is 0 Å². The Morgan fingerprint density at radius 2 is 1.02 bits per heavy atom. The molecule has 2 atom stereocenters. The summed E-state index contributed by atoms with van der Waals surface area (Å²) in [5.74, 6) is 0. The molecule has 0 amide bonds. The number of aliphatic imine (C=N–C) groups is 1. The first-order valence-corrected chi connectivity index (χ1v) is 21.4. The highest BCUT2D eigenvalue weighted by Crippen LogP contribution is 2.59. The highest BCUT2D eigenvalue weighted by molar-refractivity contribution is 6.17. The molecule has 62 heavy (non-hydrogen) atoms. The lowest BCUT2D eigenvalue weighted by atomic mass is 9.66. The lowest BCUT2D eigenvalue weighted by molar-refractivity contribution is 0.774. The zero-order chi connectivity index (χ0) is 41.0. The van der Waals surface area contributed by atoms with Gasteiger partial charge in [-0.05, 0) is 114 Å². The molecule has 0 fully saturated rings. The standard InChI is InChI=1S/C59H41N3/c1-3-16-41(17-4-1)57-50-24-12-14-26-55(50)61-58(62-57)42-29-27-40(28-30-42)46-32-34-53-51(36-46)49-23-11-13-25-52(49)59(53,47-33-31-39-15-7-8-18-43(39)35-47)54-37-44-19-9-10-20-45(44)38-56(54)60-48-21-5-2-6-22-48/h1-38,58,60-61H. The van der Waals surface area contributed by atoms with Crippen LogP contribution in [-0.2, 0) is 5.41 Å². The molecular formula is C59H41N3. The van der Waals surface area contributed by atoms with E-state index in [1.165, 1.54) is 60.5 Å². The molecule has 1 heterocycles. The largest absolute Gasteiger partial charge is 0.360 e. The molecule has 292 valence electrons. The van der Waals surface area contributed by atoms with Crippen LogP contribution in [0.1, 0.15) is 45.1 Å². The summed E-state index contributed by atoms with van der Waals surface area (Å²) in [6.45, 7) is 0. The van der Waals surface area contributed by atoms with Crippen LogP contribution in [0.3, 0.4) is 0 Å². The lowest BCUT2D eigenvalue weighted by Gasteiger charge is -2.36. The smallest absolute Gasteiger partial charge is 0.145 e. The molecule has 0 bridgehead atoms. The summed E-state index contributed by atoms with van der Waals surface area (Å²) in [5, 5.41) is 12.5. The highest BCUT2D eigenvalue weighted by Gasteiger charge is 2.47. The lowest BCUT2D eigenvalue weighted by Crippen LogP contribution is -2.29. The van der Waals surface area contributed by atoms with Gasteiger partial charge in [-0.2, -0.15) is 0 Å². The number of anilines is 3. The van der Waals surface area contributed by atoms with Gasteiger partial charge in [0.1, 0.15) is 6.17 Å². The third kappa shape index (κ3) is 5.85. The third-order valence-corrected chi connectivity index (χ3v) is 12.9. The monoisotopic (exact) mass is 791 g/mol. The maximum absolute atomic E-state index is 5.28. The van der Waals surface area contributed by atoms with E-state index in [-0.39, 0.29) is 6.17 Å². The minimum Gasteiger partial charge on any atom is -0.360 e. The molecule has 10 aromatic rings. The summed E-state index contributed by atoms with van der Waals surface area (Å²) in [6, 6.07) is 83.9. The van der Waals surface area contributed by atoms with E-state index >= 15 is 0 Å². The summed E-state index contributed by atoms with van der Waals surface area (Å²) >= 11 is 0. The fraction of sp³-hybridized carbons (Fsp3) is 0.0339. The molecule has 2 unspecified atom stereocenters. The van der Waals surface area contributed by atoms with Crippen molar-refractivity contribution in [1.82, 2.24) is 0 Å². The van der Waals surface area contributed by atoms with Gasteiger partial charge in [0, 0.05) is 28.2 Å². The van der Waals surface area contributed by atoms with E-state index in [1.807, 2.05) is 0 Å². The van der Waals surface area contributed by atoms with Gasteiger partial charge < -0.3 is 10.6 Å². The molecule has 10 aromatic carbocycles. The summed E-state index contributed by atoms with van der Waals surface area (Å²) in [7, 11) is 0. The number of rotatable bonds is 7. The number of para-hydroxylation sites is 2. The maximum atomic E-state index is 5.28. The average Bonchev–Trinajstić information content (AvgIpc) is 3.64. The molecule has 2 N–H and O–H groups in total. The molecule has 0 saturated heterocycles. The van der Waals surface area contributed by atoms with Crippen LogP contribution >= 0.6 is 0 Å². The predicted molar refractivity (Wildman–Crippen MR) is 259 cm³/mol. The Bertz CT molecular complexity index is 3350. The van der Waals surface area contributed by atoms with Crippen molar-refractivity contribution in [2.75, 3.05) is 10.6 Å². The fourth-order valence-electron chi connectivity index (χ4n) is 10.0. The Labute approximate surface area is 361 Å². The molecule has 1 aliphatic heterocycles. The topological polar surface area (TPSA) is 36.4 Å². The quantitative estimate of drug-likeness (QED) is 0.169. The van der Waals surface area contributed by atoms with E-state index in [1.54, 1.807) is 0 Å². The molecular weight excluding hydrogens is 751 g/mol. The molecule has 0 saturated carbocycles. The molecule has 0 aromatic heterocycles. The molecule has 2 aliphatic rings. The Balaban J connectivity index is 1.02. The fourth-order valence-corrected chi connectivity index (χ4v) is 10.0. The van der Waals surface area contributed by atoms with Crippen LogP contribution in [0, 0.1) is 0 Å². The van der Waals surface area contributed by atoms with Crippen molar-refractivity contribution >= 4 is 44.3 Å². The molecule has 0 radical (unpaired) electrons. The van der Waals surface area contributed by atoms with E-state index in [2.05, 4.69) is 241 Å². The minimum absolute atomic E-state index is 0.204. The van der Waals surface area contributed by atoms with Crippen molar-refractivity contribution in [3.8, 4) is 22.3 Å². The van der Waals surface area contributed by atoms with Crippen molar-refractivity contribution < 1.29 is 0 Å². The number of nitrogens with one attached hydrogen (secondary N) is 2. The Kier molecular flexibility index (Phi) is 8.46. The Hall–Kier alpha value is -8.01. The molecule has 1 aliphatic carbocycles. The summed E-state index contributed by atoms with van der Waals surface area (Å²) in [5.41, 5.74) is 16.8. The van der Waals surface area contributed by atoms with E-state index in [0.29, 0.717) is 0 Å². The summed E-state index contributed by atoms with van der Waals surface area (Å²) in [4.78, 5) is 5.28. The minimum atomic E-state index is -0.628. The van der Waals surface area contributed by atoms with Gasteiger partial charge in [-0.3, -0.25) is 4.99 Å². The molecule has 0 spiro atoms. The van der Waals surface area contributed by atoms with Gasteiger partial charge in [0.05, 0.1) is 11.1 Å². The SMILES string of the molecule is c1ccc(Nc2cc3ccccc3cc2C2(c3ccc4ccccc4c3)c3ccccc3-c3cc(-c4ccc(C5N=C(c6ccccc6)c6ccccc6N5)cc4)ccc32)cc1. The van der Waals surface area contributed by atoms with Gasteiger partial charge in [-0.25, -0.2) is 0 Å². The average molecular weight is 792 g/mol. The van der Waals surface area contributed by atoms with Crippen LogP contribution in [0.15, 0.2) is 236 Å². The second-order valence-corrected chi connectivity index (χ2v) is 16.4. The third-order valence-electron chi connectivity index (χ3n) is 12.9. The van der Waals surface area contributed by atoms with Crippen LogP contribution in [0.5, 0.6) is 0 Å². The van der Waals surface area contributed by atoms with Crippen molar-refractivity contribution in [3.63, 3.8) is 0 Å². The zero-order valence-corrected chi connectivity index (χ0v) is 34.0. The van der Waals surface area contributed by atoms with Gasteiger partial charge in [-0.1, -0.05) is 188 Å². The van der Waals surface area contributed by atoms with Crippen LogP contribution < -0.4 is 10.6 Å². The van der Waals surface area contributed by atoms with E-state index in [0.717, 1.165) is 45.0 Å². The maximum Gasteiger partial charge on any atom is 0.145 e. The Morgan fingerprint density at radius 1 is 0.403 bits per heavy atom. The molecule has 3 nitrogen and oxygen atoms in total. The van der Waals surface area contributed by atoms with Crippen molar-refractivity contribution in [3.05, 3.63) is 269 Å². The van der Waals surface area contributed by atoms with Gasteiger partial charge in [0.25, 0.3) is 0 Å². The number of nitrogens with zero attached hydrogens (tertiary/aromatic N) is 1. The van der Waals surface area contributed by atoms with Crippen LogP contribution in [0.25, 0.3) is 43.8 Å². The second kappa shape index (κ2) is 14.6. The highest BCUT2D eigenvalue weighted by atomic mass is 15.1. The summed E-state index contributed by atoms with van der Waals surface area (Å²) < 4.78 is 0.